The zero-order chi connectivity index (χ0) is 13.8. The summed E-state index contributed by atoms with van der Waals surface area (Å²) in [6.45, 7) is 7.48. The number of hydrogen-bond acceptors (Lipinski definition) is 2. The van der Waals surface area contributed by atoms with Crippen molar-refractivity contribution in [3.8, 4) is 5.75 Å². The number of nitrogens with two attached hydrogens (primary N) is 1. The fourth-order valence-corrected chi connectivity index (χ4v) is 3.03. The Morgan fingerprint density at radius 2 is 2.00 bits per heavy atom. The molecule has 2 heteroatoms. The Labute approximate surface area is 117 Å². The molecular weight excluding hydrogens is 234 g/mol. The molecule has 2 rings (SSSR count). The van der Waals surface area contributed by atoms with Gasteiger partial charge in [-0.1, -0.05) is 45.4 Å². The van der Waals surface area contributed by atoms with E-state index in [4.69, 9.17) is 10.5 Å². The highest BCUT2D eigenvalue weighted by Gasteiger charge is 2.29. The van der Waals surface area contributed by atoms with Crippen LogP contribution in [0.3, 0.4) is 0 Å². The van der Waals surface area contributed by atoms with Crippen LogP contribution in [0.1, 0.15) is 51.5 Å². The summed E-state index contributed by atoms with van der Waals surface area (Å²) in [4.78, 5) is 0. The Morgan fingerprint density at radius 1 is 1.26 bits per heavy atom. The van der Waals surface area contributed by atoms with Gasteiger partial charge in [0, 0.05) is 5.92 Å². The highest BCUT2D eigenvalue weighted by atomic mass is 16.5. The lowest BCUT2D eigenvalue weighted by atomic mass is 9.80. The molecule has 1 saturated carbocycles. The van der Waals surface area contributed by atoms with Crippen LogP contribution in [-0.2, 0) is 0 Å². The molecule has 1 aliphatic rings. The van der Waals surface area contributed by atoms with E-state index in [0.717, 1.165) is 24.6 Å². The van der Waals surface area contributed by atoms with Crippen LogP contribution >= 0.6 is 0 Å². The molecule has 106 valence electrons. The van der Waals surface area contributed by atoms with Crippen molar-refractivity contribution >= 4 is 0 Å². The molecule has 2 N–H and O–H groups in total. The van der Waals surface area contributed by atoms with Crippen LogP contribution in [-0.4, -0.2) is 12.6 Å². The SMILES string of the molecule is CC1CCC(CN)C(Oc2ccccc2C(C)C)C1. The average molecular weight is 261 g/mol. The highest BCUT2D eigenvalue weighted by molar-refractivity contribution is 5.35. The third-order valence-electron chi connectivity index (χ3n) is 4.31. The Hall–Kier alpha value is -1.02. The number of para-hydroxylation sites is 1. The maximum Gasteiger partial charge on any atom is 0.123 e. The van der Waals surface area contributed by atoms with E-state index in [1.807, 2.05) is 0 Å². The van der Waals surface area contributed by atoms with Crippen LogP contribution in [0.25, 0.3) is 0 Å². The largest absolute Gasteiger partial charge is 0.490 e. The van der Waals surface area contributed by atoms with Gasteiger partial charge in [0.1, 0.15) is 11.9 Å². The summed E-state index contributed by atoms with van der Waals surface area (Å²) in [5, 5.41) is 0. The van der Waals surface area contributed by atoms with E-state index < -0.39 is 0 Å². The van der Waals surface area contributed by atoms with Gasteiger partial charge in [0.25, 0.3) is 0 Å². The number of rotatable bonds is 4. The van der Waals surface area contributed by atoms with E-state index in [9.17, 15) is 0 Å². The molecule has 1 aromatic rings. The van der Waals surface area contributed by atoms with Crippen molar-refractivity contribution in [1.82, 2.24) is 0 Å². The van der Waals surface area contributed by atoms with Crippen molar-refractivity contribution in [2.45, 2.75) is 52.1 Å². The fourth-order valence-electron chi connectivity index (χ4n) is 3.03. The zero-order valence-corrected chi connectivity index (χ0v) is 12.4. The van der Waals surface area contributed by atoms with E-state index in [1.54, 1.807) is 0 Å². The quantitative estimate of drug-likeness (QED) is 0.890. The number of benzene rings is 1. The predicted molar refractivity (Wildman–Crippen MR) is 80.5 cm³/mol. The fraction of sp³-hybridized carbons (Fsp3) is 0.647. The molecule has 0 aliphatic heterocycles. The maximum absolute atomic E-state index is 6.34. The van der Waals surface area contributed by atoms with Gasteiger partial charge in [0.2, 0.25) is 0 Å². The lowest BCUT2D eigenvalue weighted by Gasteiger charge is -2.35. The van der Waals surface area contributed by atoms with Crippen LogP contribution in [0.4, 0.5) is 0 Å². The first-order valence-corrected chi connectivity index (χ1v) is 7.57. The molecule has 19 heavy (non-hydrogen) atoms. The molecular formula is C17H27NO. The highest BCUT2D eigenvalue weighted by Crippen LogP contribution is 2.34. The first kappa shape index (κ1) is 14.4. The van der Waals surface area contributed by atoms with E-state index in [1.165, 1.54) is 18.4 Å². The Kier molecular flexibility index (Phi) is 4.87. The van der Waals surface area contributed by atoms with Gasteiger partial charge in [-0.05, 0) is 42.9 Å². The van der Waals surface area contributed by atoms with Crippen molar-refractivity contribution in [1.29, 1.82) is 0 Å². The minimum absolute atomic E-state index is 0.286. The van der Waals surface area contributed by atoms with Gasteiger partial charge in [0.15, 0.2) is 0 Å². The molecule has 0 aromatic heterocycles. The van der Waals surface area contributed by atoms with Crippen molar-refractivity contribution < 1.29 is 4.74 Å². The normalized spacial score (nSPS) is 27.5. The van der Waals surface area contributed by atoms with Crippen LogP contribution in [0.15, 0.2) is 24.3 Å². The van der Waals surface area contributed by atoms with Crippen molar-refractivity contribution in [3.63, 3.8) is 0 Å². The third kappa shape index (κ3) is 3.50. The van der Waals surface area contributed by atoms with Crippen LogP contribution in [0.2, 0.25) is 0 Å². The van der Waals surface area contributed by atoms with Gasteiger partial charge in [-0.15, -0.1) is 0 Å². The molecule has 0 amide bonds. The van der Waals surface area contributed by atoms with Crippen molar-refractivity contribution in [2.24, 2.45) is 17.6 Å². The first-order valence-electron chi connectivity index (χ1n) is 7.57. The molecule has 0 radical (unpaired) electrons. The van der Waals surface area contributed by atoms with Gasteiger partial charge in [-0.3, -0.25) is 0 Å². The summed E-state index contributed by atoms with van der Waals surface area (Å²) in [5.74, 6) is 2.80. The molecule has 1 aliphatic carbocycles. The molecule has 0 spiro atoms. The number of hydrogen-bond donors (Lipinski definition) is 1. The molecule has 1 fully saturated rings. The summed E-state index contributed by atoms with van der Waals surface area (Å²) < 4.78 is 6.34. The van der Waals surface area contributed by atoms with Crippen LogP contribution < -0.4 is 10.5 Å². The molecule has 3 atom stereocenters. The predicted octanol–water partition coefficient (Wildman–Crippen LogP) is 3.95. The van der Waals surface area contributed by atoms with Crippen molar-refractivity contribution in [2.75, 3.05) is 6.54 Å². The minimum atomic E-state index is 0.286. The second kappa shape index (κ2) is 6.42. The van der Waals surface area contributed by atoms with E-state index in [2.05, 4.69) is 45.0 Å². The monoisotopic (exact) mass is 261 g/mol. The Bertz CT molecular complexity index is 402. The summed E-state index contributed by atoms with van der Waals surface area (Å²) >= 11 is 0. The minimum Gasteiger partial charge on any atom is -0.490 e. The summed E-state index contributed by atoms with van der Waals surface area (Å²) in [7, 11) is 0. The van der Waals surface area contributed by atoms with E-state index >= 15 is 0 Å². The molecule has 2 nitrogen and oxygen atoms in total. The molecule has 0 heterocycles. The second-order valence-electron chi connectivity index (χ2n) is 6.26. The van der Waals surface area contributed by atoms with Gasteiger partial charge < -0.3 is 10.5 Å². The molecule has 1 aromatic carbocycles. The molecule has 0 bridgehead atoms. The van der Waals surface area contributed by atoms with E-state index in [-0.39, 0.29) is 6.10 Å². The third-order valence-corrected chi connectivity index (χ3v) is 4.31. The standard InChI is InChI=1S/C17H27NO/c1-12(2)15-6-4-5-7-16(15)19-17-10-13(3)8-9-14(17)11-18/h4-7,12-14,17H,8-11,18H2,1-3H3. The first-order chi connectivity index (χ1) is 9.11. The Balaban J connectivity index is 2.14. The summed E-state index contributed by atoms with van der Waals surface area (Å²) in [6.07, 6.45) is 3.90. The van der Waals surface area contributed by atoms with Gasteiger partial charge >= 0.3 is 0 Å². The lowest BCUT2D eigenvalue weighted by molar-refractivity contribution is 0.0731. The number of ether oxygens (including phenoxy) is 1. The second-order valence-corrected chi connectivity index (χ2v) is 6.26. The smallest absolute Gasteiger partial charge is 0.123 e. The van der Waals surface area contributed by atoms with Gasteiger partial charge in [-0.25, -0.2) is 0 Å². The van der Waals surface area contributed by atoms with Crippen molar-refractivity contribution in [3.05, 3.63) is 29.8 Å². The zero-order valence-electron chi connectivity index (χ0n) is 12.4. The summed E-state index contributed by atoms with van der Waals surface area (Å²) in [6, 6.07) is 8.42. The van der Waals surface area contributed by atoms with Crippen LogP contribution in [0.5, 0.6) is 5.75 Å². The van der Waals surface area contributed by atoms with Crippen LogP contribution in [0, 0.1) is 11.8 Å². The lowest BCUT2D eigenvalue weighted by Crippen LogP contribution is -2.37. The average Bonchev–Trinajstić information content (AvgIpc) is 2.39. The Morgan fingerprint density at radius 3 is 2.68 bits per heavy atom. The summed E-state index contributed by atoms with van der Waals surface area (Å²) in [5.41, 5.74) is 7.21. The molecule has 0 saturated heterocycles. The van der Waals surface area contributed by atoms with Gasteiger partial charge in [-0.2, -0.15) is 0 Å². The maximum atomic E-state index is 6.34. The topological polar surface area (TPSA) is 35.2 Å². The van der Waals surface area contributed by atoms with Gasteiger partial charge in [0.05, 0.1) is 0 Å². The van der Waals surface area contributed by atoms with E-state index in [0.29, 0.717) is 11.8 Å². The molecule has 3 unspecified atom stereocenters.